The Morgan fingerprint density at radius 1 is 1.06 bits per heavy atom. The van der Waals surface area contributed by atoms with Crippen LogP contribution in [-0.4, -0.2) is 52.4 Å². The number of nitrogens with one attached hydrogen (secondary N) is 2. The van der Waals surface area contributed by atoms with Gasteiger partial charge in [-0.2, -0.15) is 0 Å². The summed E-state index contributed by atoms with van der Waals surface area (Å²) in [6.45, 7) is 1.53. The van der Waals surface area contributed by atoms with Crippen molar-refractivity contribution in [2.45, 2.75) is 25.5 Å². The molecule has 1 aromatic heterocycles. The number of fused-ring (bicyclic) bond motifs is 3. The molecule has 1 aliphatic carbocycles. The van der Waals surface area contributed by atoms with Crippen molar-refractivity contribution in [3.05, 3.63) is 75.2 Å². The van der Waals surface area contributed by atoms with Gasteiger partial charge in [-0.1, -0.05) is 48.5 Å². The number of nitrogens with zero attached hydrogens (tertiary/aromatic N) is 1. The van der Waals surface area contributed by atoms with E-state index < -0.39 is 30.6 Å². The first-order chi connectivity index (χ1) is 16.3. The zero-order valence-corrected chi connectivity index (χ0v) is 19.1. The summed E-state index contributed by atoms with van der Waals surface area (Å²) in [6.07, 6.45) is -2.29. The predicted octanol–water partition coefficient (Wildman–Crippen LogP) is 2.67. The largest absolute Gasteiger partial charge is 0.479 e. The highest BCUT2D eigenvalue weighted by molar-refractivity contribution is 7.11. The number of hydrogen-bond acceptors (Lipinski definition) is 7. The van der Waals surface area contributed by atoms with Crippen molar-refractivity contribution in [3.63, 3.8) is 0 Å². The quantitative estimate of drug-likeness (QED) is 0.388. The van der Waals surface area contributed by atoms with Gasteiger partial charge in [0.25, 0.3) is 5.91 Å². The van der Waals surface area contributed by atoms with E-state index in [0.717, 1.165) is 22.3 Å². The van der Waals surface area contributed by atoms with E-state index in [1.165, 1.54) is 11.3 Å². The molecule has 9 nitrogen and oxygen atoms in total. The second kappa shape index (κ2) is 10.0. The van der Waals surface area contributed by atoms with Gasteiger partial charge in [-0.05, 0) is 29.2 Å². The van der Waals surface area contributed by atoms with Crippen molar-refractivity contribution in [3.8, 4) is 11.1 Å². The van der Waals surface area contributed by atoms with E-state index in [-0.39, 0.29) is 24.8 Å². The first kappa shape index (κ1) is 23.4. The number of aliphatic hydroxyl groups is 1. The van der Waals surface area contributed by atoms with Crippen molar-refractivity contribution in [1.29, 1.82) is 0 Å². The summed E-state index contributed by atoms with van der Waals surface area (Å²) >= 11 is 1.23. The van der Waals surface area contributed by atoms with Crippen LogP contribution < -0.4 is 10.6 Å². The Balaban J connectivity index is 1.32. The van der Waals surface area contributed by atoms with Crippen LogP contribution in [0.3, 0.4) is 0 Å². The fraction of sp³-hybridized carbons (Fsp3) is 0.250. The smallest absolute Gasteiger partial charge is 0.407 e. The Morgan fingerprint density at radius 3 is 2.29 bits per heavy atom. The molecular formula is C24H23N3O6S. The van der Waals surface area contributed by atoms with E-state index >= 15 is 0 Å². The van der Waals surface area contributed by atoms with E-state index in [9.17, 15) is 19.5 Å². The minimum atomic E-state index is -1.70. The van der Waals surface area contributed by atoms with E-state index in [0.29, 0.717) is 9.88 Å². The number of aromatic nitrogens is 1. The summed E-state index contributed by atoms with van der Waals surface area (Å²) < 4.78 is 5.50. The average molecular weight is 482 g/mol. The molecule has 34 heavy (non-hydrogen) atoms. The molecule has 1 heterocycles. The molecule has 176 valence electrons. The minimum absolute atomic E-state index is 0.0447. The Morgan fingerprint density at radius 2 is 1.68 bits per heavy atom. The van der Waals surface area contributed by atoms with Crippen LogP contribution in [0.5, 0.6) is 0 Å². The number of aryl methyl sites for hydroxylation is 1. The highest BCUT2D eigenvalue weighted by Crippen LogP contribution is 2.44. The molecule has 4 N–H and O–H groups in total. The van der Waals surface area contributed by atoms with Crippen LogP contribution in [-0.2, 0) is 16.1 Å². The maximum atomic E-state index is 12.3. The van der Waals surface area contributed by atoms with E-state index in [2.05, 4.69) is 27.8 Å². The fourth-order valence-electron chi connectivity index (χ4n) is 3.90. The van der Waals surface area contributed by atoms with Crippen molar-refractivity contribution in [2.75, 3.05) is 13.2 Å². The van der Waals surface area contributed by atoms with Gasteiger partial charge in [0.05, 0.1) is 13.1 Å². The lowest BCUT2D eigenvalue weighted by Crippen LogP contribution is -2.36. The van der Waals surface area contributed by atoms with Crippen LogP contribution in [0.4, 0.5) is 4.79 Å². The number of rotatable bonds is 8. The molecule has 1 aliphatic rings. The maximum Gasteiger partial charge on any atom is 0.407 e. The van der Waals surface area contributed by atoms with Crippen LogP contribution in [0, 0.1) is 6.92 Å². The molecule has 0 fully saturated rings. The van der Waals surface area contributed by atoms with Crippen LogP contribution in [0.1, 0.15) is 37.4 Å². The number of hydrogen-bond donors (Lipinski definition) is 4. The number of benzene rings is 2. The first-order valence-electron chi connectivity index (χ1n) is 10.6. The Kier molecular flexibility index (Phi) is 6.90. The summed E-state index contributed by atoms with van der Waals surface area (Å²) in [6, 6.07) is 16.1. The van der Waals surface area contributed by atoms with Gasteiger partial charge in [0.15, 0.2) is 6.10 Å². The predicted molar refractivity (Wildman–Crippen MR) is 125 cm³/mol. The minimum Gasteiger partial charge on any atom is -0.479 e. The summed E-state index contributed by atoms with van der Waals surface area (Å²) in [5.74, 6) is -2.07. The SMILES string of the molecule is Cc1sc(CNC(=O)OCC2c3ccccc3-c3ccccc32)nc1C(=O)NC[C@H](O)C(=O)O. The number of carboxylic acid groups (broad SMARTS) is 1. The van der Waals surface area contributed by atoms with Crippen LogP contribution in [0.25, 0.3) is 11.1 Å². The third-order valence-corrected chi connectivity index (χ3v) is 6.50. The van der Waals surface area contributed by atoms with Crippen LogP contribution >= 0.6 is 11.3 Å². The van der Waals surface area contributed by atoms with Crippen molar-refractivity contribution < 1.29 is 29.3 Å². The van der Waals surface area contributed by atoms with Gasteiger partial charge < -0.3 is 25.6 Å². The maximum absolute atomic E-state index is 12.3. The number of carbonyl (C=O) groups excluding carboxylic acids is 2. The molecule has 2 amide bonds. The molecule has 0 unspecified atom stereocenters. The van der Waals surface area contributed by atoms with Crippen molar-refractivity contribution >= 4 is 29.3 Å². The third kappa shape index (κ3) is 4.92. The number of ether oxygens (including phenoxy) is 1. The summed E-state index contributed by atoms with van der Waals surface area (Å²) in [4.78, 5) is 40.0. The van der Waals surface area contributed by atoms with E-state index in [1.54, 1.807) is 6.92 Å². The van der Waals surface area contributed by atoms with Gasteiger partial charge in [-0.25, -0.2) is 14.6 Å². The van der Waals surface area contributed by atoms with E-state index in [1.807, 2.05) is 36.4 Å². The Bertz CT molecular complexity index is 1200. The molecule has 1 atom stereocenters. The fourth-order valence-corrected chi connectivity index (χ4v) is 4.76. The van der Waals surface area contributed by atoms with Crippen molar-refractivity contribution in [2.24, 2.45) is 0 Å². The number of amides is 2. The lowest BCUT2D eigenvalue weighted by Gasteiger charge is -2.14. The molecule has 0 aliphatic heterocycles. The molecule has 0 saturated heterocycles. The second-order valence-electron chi connectivity index (χ2n) is 7.76. The van der Waals surface area contributed by atoms with E-state index in [4.69, 9.17) is 9.84 Å². The summed E-state index contributed by atoms with van der Waals surface area (Å²) in [5.41, 5.74) is 4.65. The number of aliphatic hydroxyl groups excluding tert-OH is 1. The number of carbonyl (C=O) groups is 3. The summed E-state index contributed by atoms with van der Waals surface area (Å²) in [5, 5.41) is 23.5. The zero-order chi connectivity index (χ0) is 24.2. The van der Waals surface area contributed by atoms with Gasteiger partial charge in [0.2, 0.25) is 0 Å². The number of aliphatic carboxylic acids is 1. The van der Waals surface area contributed by atoms with Crippen LogP contribution in [0.15, 0.2) is 48.5 Å². The van der Waals surface area contributed by atoms with Gasteiger partial charge in [0.1, 0.15) is 17.3 Å². The molecule has 3 aromatic rings. The Labute approximate surface area is 199 Å². The number of alkyl carbamates (subject to hydrolysis) is 1. The monoisotopic (exact) mass is 481 g/mol. The molecule has 4 rings (SSSR count). The first-order valence-corrected chi connectivity index (χ1v) is 11.4. The second-order valence-corrected chi connectivity index (χ2v) is 9.04. The highest BCUT2D eigenvalue weighted by atomic mass is 32.1. The molecule has 2 aromatic carbocycles. The third-order valence-electron chi connectivity index (χ3n) is 5.52. The molecule has 0 saturated carbocycles. The average Bonchev–Trinajstić information content (AvgIpc) is 3.37. The topological polar surface area (TPSA) is 138 Å². The number of thiazole rings is 1. The molecular weight excluding hydrogens is 458 g/mol. The lowest BCUT2D eigenvalue weighted by atomic mass is 9.98. The van der Waals surface area contributed by atoms with Gasteiger partial charge in [-0.3, -0.25) is 4.79 Å². The van der Waals surface area contributed by atoms with Gasteiger partial charge >= 0.3 is 12.1 Å². The van der Waals surface area contributed by atoms with Gasteiger partial charge in [-0.15, -0.1) is 11.3 Å². The summed E-state index contributed by atoms with van der Waals surface area (Å²) in [7, 11) is 0. The Hall–Kier alpha value is -3.76. The van der Waals surface area contributed by atoms with Crippen LogP contribution in [0.2, 0.25) is 0 Å². The van der Waals surface area contributed by atoms with Crippen molar-refractivity contribution in [1.82, 2.24) is 15.6 Å². The lowest BCUT2D eigenvalue weighted by molar-refractivity contribution is -0.146. The molecule has 0 spiro atoms. The normalized spacial score (nSPS) is 13.0. The molecule has 0 bridgehead atoms. The van der Waals surface area contributed by atoms with Gasteiger partial charge in [0, 0.05) is 10.8 Å². The number of carboxylic acids is 1. The standard InChI is InChI=1S/C24H23N3O6S/c1-13-21(22(29)25-10-19(28)23(30)31)27-20(34-13)11-26-24(32)33-12-18-16-8-4-2-6-14(16)15-7-3-5-9-17(15)18/h2-9,18-19,28H,10-12H2,1H3,(H,25,29)(H,26,32)(H,30,31)/t19-/m0/s1. The highest BCUT2D eigenvalue weighted by Gasteiger charge is 2.29. The molecule has 10 heteroatoms. The molecule has 0 radical (unpaired) electrons. The zero-order valence-electron chi connectivity index (χ0n) is 18.3.